The molecule has 3 nitrogen and oxygen atoms in total. The Bertz CT molecular complexity index is 872. The van der Waals surface area contributed by atoms with E-state index in [1.54, 1.807) is 11.3 Å². The van der Waals surface area contributed by atoms with Crippen molar-refractivity contribution in [3.63, 3.8) is 0 Å². The van der Waals surface area contributed by atoms with Crippen molar-refractivity contribution in [1.82, 2.24) is 4.98 Å². The van der Waals surface area contributed by atoms with Crippen LogP contribution in [0.15, 0.2) is 60.0 Å². The lowest BCUT2D eigenvalue weighted by molar-refractivity contribution is 0.0977. The van der Waals surface area contributed by atoms with Gasteiger partial charge in [0, 0.05) is 23.5 Å². The van der Waals surface area contributed by atoms with Crippen molar-refractivity contribution < 1.29 is 4.79 Å². The van der Waals surface area contributed by atoms with Crippen LogP contribution in [0.3, 0.4) is 0 Å². The van der Waals surface area contributed by atoms with Crippen LogP contribution < -0.4 is 4.90 Å². The van der Waals surface area contributed by atoms with Crippen molar-refractivity contribution in [2.75, 3.05) is 4.90 Å². The van der Waals surface area contributed by atoms with Crippen molar-refractivity contribution in [3.05, 3.63) is 81.8 Å². The molecule has 0 radical (unpaired) electrons. The molecule has 4 heteroatoms. The highest BCUT2D eigenvalue weighted by Crippen LogP contribution is 2.33. The molecule has 0 aliphatic carbocycles. The minimum absolute atomic E-state index is 0.00279. The number of hydrogen-bond acceptors (Lipinski definition) is 3. The van der Waals surface area contributed by atoms with E-state index in [2.05, 4.69) is 30.1 Å². The lowest BCUT2D eigenvalue weighted by Gasteiger charge is -2.21. The Hall–Kier alpha value is -2.46. The van der Waals surface area contributed by atoms with Gasteiger partial charge in [0.2, 0.25) is 0 Å². The summed E-state index contributed by atoms with van der Waals surface area (Å²) in [5.41, 5.74) is 4.02. The molecular weight excluding hydrogens is 316 g/mol. The number of hydrogen-bond donors (Lipinski definition) is 0. The Morgan fingerprint density at radius 1 is 1.17 bits per heavy atom. The summed E-state index contributed by atoms with van der Waals surface area (Å²) < 4.78 is 0. The average Bonchev–Trinajstić information content (AvgIpc) is 3.19. The quantitative estimate of drug-likeness (QED) is 0.714. The summed E-state index contributed by atoms with van der Waals surface area (Å²) in [7, 11) is 0. The summed E-state index contributed by atoms with van der Waals surface area (Å²) in [5, 5.41) is 2.86. The summed E-state index contributed by atoms with van der Waals surface area (Å²) in [6.07, 6.45) is 1.67. The van der Waals surface area contributed by atoms with Gasteiger partial charge in [0.05, 0.1) is 5.01 Å². The predicted octanol–water partition coefficient (Wildman–Crippen LogP) is 4.33. The summed E-state index contributed by atoms with van der Waals surface area (Å²) in [4.78, 5) is 19.4. The summed E-state index contributed by atoms with van der Waals surface area (Å²) in [6.45, 7) is 2.09. The van der Waals surface area contributed by atoms with Crippen molar-refractivity contribution in [1.29, 1.82) is 0 Å². The molecule has 0 spiro atoms. The summed E-state index contributed by atoms with van der Waals surface area (Å²) in [6, 6.07) is 18.5. The lowest BCUT2D eigenvalue weighted by Crippen LogP contribution is -2.35. The van der Waals surface area contributed by atoms with Gasteiger partial charge in [0.15, 0.2) is 0 Å². The molecule has 0 saturated heterocycles. The number of anilines is 1. The molecule has 120 valence electrons. The van der Waals surface area contributed by atoms with E-state index in [0.29, 0.717) is 5.69 Å². The van der Waals surface area contributed by atoms with E-state index in [9.17, 15) is 4.79 Å². The molecule has 4 rings (SSSR count). The maximum Gasteiger partial charge on any atom is 0.278 e. The molecule has 0 N–H and O–H groups in total. The number of nitrogens with zero attached hydrogens (tertiary/aromatic N) is 2. The monoisotopic (exact) mass is 334 g/mol. The minimum Gasteiger partial charge on any atom is -0.304 e. The fourth-order valence-electron chi connectivity index (χ4n) is 3.26. The Labute approximate surface area is 145 Å². The number of carbonyl (C=O) groups excluding carboxylic acids is 1. The van der Waals surface area contributed by atoms with Crippen LogP contribution >= 0.6 is 11.3 Å². The molecule has 3 aromatic rings. The van der Waals surface area contributed by atoms with Crippen molar-refractivity contribution >= 4 is 22.9 Å². The highest BCUT2D eigenvalue weighted by atomic mass is 32.1. The lowest BCUT2D eigenvalue weighted by atomic mass is 10.1. The first-order valence-electron chi connectivity index (χ1n) is 8.12. The molecule has 0 saturated carbocycles. The van der Waals surface area contributed by atoms with E-state index in [0.717, 1.165) is 23.5 Å². The Kier molecular flexibility index (Phi) is 3.90. The van der Waals surface area contributed by atoms with Gasteiger partial charge in [-0.3, -0.25) is 4.79 Å². The molecule has 1 atom stereocenters. The largest absolute Gasteiger partial charge is 0.304 e. The molecule has 0 fully saturated rings. The van der Waals surface area contributed by atoms with Crippen molar-refractivity contribution in [2.24, 2.45) is 0 Å². The molecule has 0 bridgehead atoms. The van der Waals surface area contributed by atoms with E-state index >= 15 is 0 Å². The number of amides is 1. The number of rotatable bonds is 3. The standard InChI is InChI=1S/C20H18N2OS/c1-14-11-16-9-5-6-10-18(16)22(14)20(23)17-13-24-19(21-17)12-15-7-3-2-4-8-15/h2-10,13-14H,11-12H2,1H3. The first-order chi connectivity index (χ1) is 11.7. The molecule has 1 aliphatic heterocycles. The van der Waals surface area contributed by atoms with Crippen molar-refractivity contribution in [2.45, 2.75) is 25.8 Å². The number of carbonyl (C=O) groups is 1. The number of thiazole rings is 1. The highest BCUT2D eigenvalue weighted by molar-refractivity contribution is 7.09. The third-order valence-corrected chi connectivity index (χ3v) is 5.24. The van der Waals surface area contributed by atoms with Crippen LogP contribution in [0.2, 0.25) is 0 Å². The highest BCUT2D eigenvalue weighted by Gasteiger charge is 2.32. The Morgan fingerprint density at radius 3 is 2.75 bits per heavy atom. The average molecular weight is 334 g/mol. The van der Waals surface area contributed by atoms with Crippen LogP contribution in [0.4, 0.5) is 5.69 Å². The van der Waals surface area contributed by atoms with Gasteiger partial charge in [-0.15, -0.1) is 11.3 Å². The number of benzene rings is 2. The van der Waals surface area contributed by atoms with Crippen LogP contribution in [0.1, 0.15) is 33.5 Å². The van der Waals surface area contributed by atoms with Gasteiger partial charge in [-0.05, 0) is 30.5 Å². The fraction of sp³-hybridized carbons (Fsp3) is 0.200. The molecule has 24 heavy (non-hydrogen) atoms. The molecule has 2 heterocycles. The van der Waals surface area contributed by atoms with E-state index in [4.69, 9.17) is 0 Å². The normalized spacial score (nSPS) is 16.2. The topological polar surface area (TPSA) is 33.2 Å². The van der Waals surface area contributed by atoms with E-state index in [-0.39, 0.29) is 11.9 Å². The Morgan fingerprint density at radius 2 is 1.92 bits per heavy atom. The molecule has 1 aliphatic rings. The van der Waals surface area contributed by atoms with E-state index in [1.165, 1.54) is 11.1 Å². The zero-order valence-electron chi connectivity index (χ0n) is 13.5. The third-order valence-electron chi connectivity index (χ3n) is 4.40. The summed E-state index contributed by atoms with van der Waals surface area (Å²) >= 11 is 1.56. The first-order valence-corrected chi connectivity index (χ1v) is 9.00. The fourth-order valence-corrected chi connectivity index (χ4v) is 4.06. The zero-order valence-corrected chi connectivity index (χ0v) is 14.3. The summed E-state index contributed by atoms with van der Waals surface area (Å²) in [5.74, 6) is 0.00279. The number of para-hydroxylation sites is 1. The second kappa shape index (κ2) is 6.21. The molecule has 2 aromatic carbocycles. The molecule has 1 unspecified atom stereocenters. The van der Waals surface area contributed by atoms with Gasteiger partial charge >= 0.3 is 0 Å². The zero-order chi connectivity index (χ0) is 16.5. The maximum atomic E-state index is 13.0. The van der Waals surface area contributed by atoms with E-state index in [1.807, 2.05) is 46.7 Å². The van der Waals surface area contributed by atoms with Crippen LogP contribution in [0, 0.1) is 0 Å². The van der Waals surface area contributed by atoms with Crippen molar-refractivity contribution in [3.8, 4) is 0 Å². The first kappa shape index (κ1) is 15.1. The van der Waals surface area contributed by atoms with Crippen LogP contribution in [0.5, 0.6) is 0 Å². The van der Waals surface area contributed by atoms with Gasteiger partial charge < -0.3 is 4.90 Å². The van der Waals surface area contributed by atoms with Crippen LogP contribution in [-0.2, 0) is 12.8 Å². The number of fused-ring (bicyclic) bond motifs is 1. The number of aromatic nitrogens is 1. The predicted molar refractivity (Wildman–Crippen MR) is 97.8 cm³/mol. The van der Waals surface area contributed by atoms with Gasteiger partial charge in [0.25, 0.3) is 5.91 Å². The Balaban J connectivity index is 1.58. The van der Waals surface area contributed by atoms with Gasteiger partial charge in [-0.1, -0.05) is 48.5 Å². The van der Waals surface area contributed by atoms with Crippen LogP contribution in [0.25, 0.3) is 0 Å². The molecule has 1 aromatic heterocycles. The SMILES string of the molecule is CC1Cc2ccccc2N1C(=O)c1csc(Cc2ccccc2)n1. The third kappa shape index (κ3) is 2.74. The second-order valence-electron chi connectivity index (χ2n) is 6.15. The second-order valence-corrected chi connectivity index (χ2v) is 7.09. The van der Waals surface area contributed by atoms with Crippen LogP contribution in [-0.4, -0.2) is 16.9 Å². The van der Waals surface area contributed by atoms with Gasteiger partial charge in [-0.2, -0.15) is 0 Å². The smallest absolute Gasteiger partial charge is 0.278 e. The van der Waals surface area contributed by atoms with Gasteiger partial charge in [0.1, 0.15) is 5.69 Å². The molecular formula is C20H18N2OS. The van der Waals surface area contributed by atoms with E-state index < -0.39 is 0 Å². The minimum atomic E-state index is 0.00279. The van der Waals surface area contributed by atoms with Gasteiger partial charge in [-0.25, -0.2) is 4.98 Å². The maximum absolute atomic E-state index is 13.0. The molecule has 1 amide bonds.